The summed E-state index contributed by atoms with van der Waals surface area (Å²) in [4.78, 5) is 14.7. The van der Waals surface area contributed by atoms with Crippen molar-refractivity contribution in [3.05, 3.63) is 64.9 Å². The average molecular weight is 440 g/mol. The summed E-state index contributed by atoms with van der Waals surface area (Å²) in [6.45, 7) is 1.04. The van der Waals surface area contributed by atoms with Crippen molar-refractivity contribution in [1.29, 1.82) is 0 Å². The van der Waals surface area contributed by atoms with Crippen LogP contribution in [0.5, 0.6) is 5.75 Å². The van der Waals surface area contributed by atoms with Gasteiger partial charge in [0.25, 0.3) is 0 Å². The SMILES string of the molecule is COc1ccc(-c2n[nH]c(=S)n2CCC(=O)NCC(Cc2ccccc2)N(C)C)cc1. The van der Waals surface area contributed by atoms with Crippen LogP contribution in [0.1, 0.15) is 12.0 Å². The summed E-state index contributed by atoms with van der Waals surface area (Å²) in [5, 5.41) is 10.2. The van der Waals surface area contributed by atoms with Crippen LogP contribution in [0.3, 0.4) is 0 Å². The fraction of sp³-hybridized carbons (Fsp3) is 0.348. The average Bonchev–Trinajstić information content (AvgIpc) is 3.16. The Morgan fingerprint density at radius 1 is 1.19 bits per heavy atom. The number of carbonyl (C=O) groups is 1. The molecule has 0 aliphatic rings. The molecular formula is C23H29N5O2S. The van der Waals surface area contributed by atoms with Crippen molar-refractivity contribution in [1.82, 2.24) is 25.0 Å². The number of likely N-dealkylation sites (N-methyl/N-ethyl adjacent to an activating group) is 1. The predicted octanol–water partition coefficient (Wildman–Crippen LogP) is 3.30. The predicted molar refractivity (Wildman–Crippen MR) is 125 cm³/mol. The largest absolute Gasteiger partial charge is 0.497 e. The van der Waals surface area contributed by atoms with Crippen molar-refractivity contribution < 1.29 is 9.53 Å². The minimum Gasteiger partial charge on any atom is -0.497 e. The number of carbonyl (C=O) groups excluding carboxylic acids is 1. The number of benzene rings is 2. The van der Waals surface area contributed by atoms with Gasteiger partial charge in [-0.3, -0.25) is 14.5 Å². The molecule has 0 saturated carbocycles. The van der Waals surface area contributed by atoms with Gasteiger partial charge in [0.15, 0.2) is 10.6 Å². The van der Waals surface area contributed by atoms with Gasteiger partial charge >= 0.3 is 0 Å². The van der Waals surface area contributed by atoms with Gasteiger partial charge in [-0.15, -0.1) is 0 Å². The molecule has 1 unspecified atom stereocenters. The molecule has 1 atom stereocenters. The van der Waals surface area contributed by atoms with E-state index in [1.165, 1.54) is 5.56 Å². The van der Waals surface area contributed by atoms with Gasteiger partial charge in [0.05, 0.1) is 7.11 Å². The van der Waals surface area contributed by atoms with E-state index in [1.807, 2.05) is 61.1 Å². The molecule has 8 heteroatoms. The zero-order valence-corrected chi connectivity index (χ0v) is 19.0. The molecule has 0 radical (unpaired) electrons. The number of aromatic amines is 1. The number of ether oxygens (including phenoxy) is 1. The number of H-pyrrole nitrogens is 1. The normalized spacial score (nSPS) is 12.0. The van der Waals surface area contributed by atoms with E-state index in [0.29, 0.717) is 30.1 Å². The zero-order valence-electron chi connectivity index (χ0n) is 18.2. The van der Waals surface area contributed by atoms with Gasteiger partial charge in [-0.1, -0.05) is 30.3 Å². The molecule has 3 rings (SSSR count). The first kappa shape index (κ1) is 22.7. The Bertz CT molecular complexity index is 1030. The van der Waals surface area contributed by atoms with Gasteiger partial charge in [-0.25, -0.2) is 0 Å². The summed E-state index contributed by atoms with van der Waals surface area (Å²) < 4.78 is 7.55. The highest BCUT2D eigenvalue weighted by atomic mass is 32.1. The third kappa shape index (κ3) is 6.26. The van der Waals surface area contributed by atoms with Gasteiger partial charge in [0.2, 0.25) is 5.91 Å². The van der Waals surface area contributed by atoms with Crippen molar-refractivity contribution in [2.75, 3.05) is 27.7 Å². The second-order valence-electron chi connectivity index (χ2n) is 7.59. The molecule has 0 spiro atoms. The Morgan fingerprint density at radius 3 is 2.55 bits per heavy atom. The highest BCUT2D eigenvalue weighted by molar-refractivity contribution is 7.71. The lowest BCUT2D eigenvalue weighted by Crippen LogP contribution is -2.41. The zero-order chi connectivity index (χ0) is 22.2. The number of rotatable bonds is 10. The van der Waals surface area contributed by atoms with Crippen LogP contribution < -0.4 is 10.1 Å². The molecule has 0 fully saturated rings. The van der Waals surface area contributed by atoms with Gasteiger partial charge in [0, 0.05) is 31.1 Å². The van der Waals surface area contributed by atoms with E-state index in [9.17, 15) is 4.79 Å². The molecule has 7 nitrogen and oxygen atoms in total. The molecule has 1 aromatic heterocycles. The fourth-order valence-corrected chi connectivity index (χ4v) is 3.57. The molecule has 1 heterocycles. The molecule has 0 aliphatic carbocycles. The summed E-state index contributed by atoms with van der Waals surface area (Å²) in [5.74, 6) is 1.47. The third-order valence-electron chi connectivity index (χ3n) is 5.25. The van der Waals surface area contributed by atoms with Gasteiger partial charge in [0.1, 0.15) is 5.75 Å². The van der Waals surface area contributed by atoms with E-state index in [0.717, 1.165) is 17.7 Å². The molecule has 1 amide bonds. The van der Waals surface area contributed by atoms with Crippen molar-refractivity contribution >= 4 is 18.1 Å². The van der Waals surface area contributed by atoms with Crippen LogP contribution in [0.15, 0.2) is 54.6 Å². The topological polar surface area (TPSA) is 75.2 Å². The molecule has 164 valence electrons. The Morgan fingerprint density at radius 2 is 1.90 bits per heavy atom. The van der Waals surface area contributed by atoms with Crippen LogP contribution in [0.4, 0.5) is 0 Å². The van der Waals surface area contributed by atoms with E-state index in [4.69, 9.17) is 17.0 Å². The second-order valence-corrected chi connectivity index (χ2v) is 7.98. The van der Waals surface area contributed by atoms with Crippen molar-refractivity contribution in [2.45, 2.75) is 25.4 Å². The molecule has 2 aromatic carbocycles. The number of amides is 1. The molecule has 3 aromatic rings. The van der Waals surface area contributed by atoms with E-state index >= 15 is 0 Å². The highest BCUT2D eigenvalue weighted by Crippen LogP contribution is 2.21. The van der Waals surface area contributed by atoms with Crippen LogP contribution >= 0.6 is 12.2 Å². The Hall–Kier alpha value is -2.97. The van der Waals surface area contributed by atoms with E-state index in [-0.39, 0.29) is 11.9 Å². The minimum atomic E-state index is -0.0105. The van der Waals surface area contributed by atoms with Crippen molar-refractivity contribution in [3.63, 3.8) is 0 Å². The maximum absolute atomic E-state index is 12.5. The van der Waals surface area contributed by atoms with Crippen LogP contribution in [0, 0.1) is 4.77 Å². The standard InChI is InChI=1S/C23H29N5O2S/c1-27(2)19(15-17-7-5-4-6-8-17)16-24-21(29)13-14-28-22(25-26-23(28)31)18-9-11-20(30-3)12-10-18/h4-12,19H,13-16H2,1-3H3,(H,24,29)(H,26,31). The minimum absolute atomic E-state index is 0.0105. The molecule has 31 heavy (non-hydrogen) atoms. The number of methoxy groups -OCH3 is 1. The quantitative estimate of drug-likeness (QED) is 0.474. The number of nitrogens with one attached hydrogen (secondary N) is 2. The summed E-state index contributed by atoms with van der Waals surface area (Å²) in [7, 11) is 5.70. The number of hydrogen-bond acceptors (Lipinski definition) is 5. The smallest absolute Gasteiger partial charge is 0.221 e. The Kier molecular flexibility index (Phi) is 7.97. The van der Waals surface area contributed by atoms with Crippen LogP contribution in [0.2, 0.25) is 0 Å². The third-order valence-corrected chi connectivity index (χ3v) is 5.56. The number of nitrogens with zero attached hydrogens (tertiary/aromatic N) is 3. The first-order valence-electron chi connectivity index (χ1n) is 10.2. The summed E-state index contributed by atoms with van der Waals surface area (Å²) in [5.41, 5.74) is 2.16. The highest BCUT2D eigenvalue weighted by Gasteiger charge is 2.15. The number of hydrogen-bond donors (Lipinski definition) is 2. The van der Waals surface area contributed by atoms with Gasteiger partial charge in [-0.05, 0) is 62.6 Å². The molecule has 0 aliphatic heterocycles. The van der Waals surface area contributed by atoms with Crippen molar-refractivity contribution in [3.8, 4) is 17.1 Å². The lowest BCUT2D eigenvalue weighted by molar-refractivity contribution is -0.121. The maximum atomic E-state index is 12.5. The summed E-state index contributed by atoms with van der Waals surface area (Å²) in [6, 6.07) is 18.1. The maximum Gasteiger partial charge on any atom is 0.221 e. The summed E-state index contributed by atoms with van der Waals surface area (Å²) >= 11 is 5.37. The van der Waals surface area contributed by atoms with Gasteiger partial charge < -0.3 is 15.0 Å². The molecule has 2 N–H and O–H groups in total. The Balaban J connectivity index is 1.58. The first-order chi connectivity index (χ1) is 15.0. The van der Waals surface area contributed by atoms with E-state index < -0.39 is 0 Å². The van der Waals surface area contributed by atoms with Crippen LogP contribution in [0.25, 0.3) is 11.4 Å². The van der Waals surface area contributed by atoms with E-state index in [1.54, 1.807) is 7.11 Å². The second kappa shape index (κ2) is 10.9. The molecule has 0 bridgehead atoms. The van der Waals surface area contributed by atoms with Crippen LogP contribution in [-0.2, 0) is 17.8 Å². The summed E-state index contributed by atoms with van der Waals surface area (Å²) in [6.07, 6.45) is 1.20. The first-order valence-corrected chi connectivity index (χ1v) is 10.7. The van der Waals surface area contributed by atoms with Gasteiger partial charge in [-0.2, -0.15) is 5.10 Å². The lowest BCUT2D eigenvalue weighted by atomic mass is 10.1. The van der Waals surface area contributed by atoms with E-state index in [2.05, 4.69) is 32.5 Å². The van der Waals surface area contributed by atoms with Crippen molar-refractivity contribution in [2.24, 2.45) is 0 Å². The molecular weight excluding hydrogens is 410 g/mol. The Labute approximate surface area is 188 Å². The fourth-order valence-electron chi connectivity index (χ4n) is 3.34. The van der Waals surface area contributed by atoms with Crippen LogP contribution in [-0.4, -0.2) is 59.4 Å². The lowest BCUT2D eigenvalue weighted by Gasteiger charge is -2.25. The number of aromatic nitrogens is 3. The molecule has 0 saturated heterocycles. The monoisotopic (exact) mass is 439 g/mol.